The van der Waals surface area contributed by atoms with Crippen LogP contribution in [0.25, 0.3) is 0 Å². The molecule has 0 aromatic heterocycles. The highest BCUT2D eigenvalue weighted by Gasteiger charge is 2.18. The second-order valence-electron chi connectivity index (χ2n) is 5.30. The van der Waals surface area contributed by atoms with Gasteiger partial charge in [0.15, 0.2) is 0 Å². The van der Waals surface area contributed by atoms with Crippen molar-refractivity contribution in [3.8, 4) is 5.75 Å². The number of nitrogens with zero attached hydrogens (tertiary/aromatic N) is 2. The number of ether oxygens (including phenoxy) is 1. The van der Waals surface area contributed by atoms with E-state index in [0.717, 1.165) is 44.0 Å². The number of likely N-dealkylation sites (N-methyl/N-ethyl adjacent to an activating group) is 1. The first-order valence-corrected chi connectivity index (χ1v) is 7.23. The summed E-state index contributed by atoms with van der Waals surface area (Å²) in [4.78, 5) is 4.80. The third-order valence-electron chi connectivity index (χ3n) is 3.79. The molecule has 106 valence electrons. The Kier molecular flexibility index (Phi) is 5.08. The zero-order chi connectivity index (χ0) is 13.8. The van der Waals surface area contributed by atoms with E-state index < -0.39 is 0 Å². The van der Waals surface area contributed by atoms with Crippen LogP contribution in [-0.2, 0) is 0 Å². The zero-order valence-corrected chi connectivity index (χ0v) is 12.8. The summed E-state index contributed by atoms with van der Waals surface area (Å²) < 4.78 is 5.28. The Morgan fingerprint density at radius 1 is 1.26 bits per heavy atom. The number of halogens is 1. The van der Waals surface area contributed by atoms with Crippen molar-refractivity contribution in [2.24, 2.45) is 0 Å². The molecule has 1 aliphatic rings. The Hall–Kier alpha value is -0.770. The Bertz CT molecular complexity index is 417. The predicted molar refractivity (Wildman–Crippen MR) is 80.3 cm³/mol. The van der Waals surface area contributed by atoms with Gasteiger partial charge in [-0.25, -0.2) is 0 Å². The van der Waals surface area contributed by atoms with Crippen molar-refractivity contribution in [2.75, 3.05) is 46.9 Å². The van der Waals surface area contributed by atoms with Crippen molar-refractivity contribution in [3.63, 3.8) is 0 Å². The van der Waals surface area contributed by atoms with Gasteiger partial charge in [0.05, 0.1) is 12.5 Å². The summed E-state index contributed by atoms with van der Waals surface area (Å²) in [5.41, 5.74) is 2.32. The van der Waals surface area contributed by atoms with Gasteiger partial charge in [0.1, 0.15) is 5.75 Å². The monoisotopic (exact) mass is 282 g/mol. The van der Waals surface area contributed by atoms with Crippen LogP contribution >= 0.6 is 11.6 Å². The molecular weight excluding hydrogens is 260 g/mol. The molecule has 0 bridgehead atoms. The van der Waals surface area contributed by atoms with Crippen LogP contribution in [0.3, 0.4) is 0 Å². The number of aryl methyl sites for hydroxylation is 1. The van der Waals surface area contributed by atoms with Crippen molar-refractivity contribution < 1.29 is 4.74 Å². The minimum Gasteiger partial charge on any atom is -0.496 e. The van der Waals surface area contributed by atoms with E-state index in [0.29, 0.717) is 0 Å². The van der Waals surface area contributed by atoms with Crippen LogP contribution in [0.2, 0.25) is 0 Å². The smallest absolute Gasteiger partial charge is 0.121 e. The maximum atomic E-state index is 6.55. The molecule has 0 amide bonds. The molecule has 1 aromatic carbocycles. The van der Waals surface area contributed by atoms with Gasteiger partial charge in [0.2, 0.25) is 0 Å². The first-order chi connectivity index (χ1) is 9.10. The van der Waals surface area contributed by atoms with E-state index in [2.05, 4.69) is 35.9 Å². The lowest BCUT2D eigenvalue weighted by molar-refractivity contribution is 0.154. The average molecular weight is 283 g/mol. The maximum absolute atomic E-state index is 6.55. The number of methoxy groups -OCH3 is 1. The van der Waals surface area contributed by atoms with Gasteiger partial charge in [-0.05, 0) is 31.2 Å². The van der Waals surface area contributed by atoms with Crippen LogP contribution < -0.4 is 4.74 Å². The topological polar surface area (TPSA) is 15.7 Å². The first-order valence-electron chi connectivity index (χ1n) is 6.79. The molecule has 0 spiro atoms. The van der Waals surface area contributed by atoms with Gasteiger partial charge >= 0.3 is 0 Å². The van der Waals surface area contributed by atoms with Gasteiger partial charge in [0.25, 0.3) is 0 Å². The predicted octanol–water partition coefficient (Wildman–Crippen LogP) is 2.53. The zero-order valence-electron chi connectivity index (χ0n) is 12.0. The molecular formula is C15H23ClN2O. The van der Waals surface area contributed by atoms with Gasteiger partial charge in [-0.1, -0.05) is 12.1 Å². The maximum Gasteiger partial charge on any atom is 0.121 e. The van der Waals surface area contributed by atoms with Crippen LogP contribution in [0.4, 0.5) is 0 Å². The van der Waals surface area contributed by atoms with Crippen LogP contribution in [0, 0.1) is 6.92 Å². The Morgan fingerprint density at radius 3 is 2.53 bits per heavy atom. The van der Waals surface area contributed by atoms with E-state index in [4.69, 9.17) is 16.3 Å². The Balaban J connectivity index is 1.96. The molecule has 1 aromatic rings. The number of alkyl halides is 1. The fourth-order valence-electron chi connectivity index (χ4n) is 2.46. The molecule has 1 saturated heterocycles. The van der Waals surface area contributed by atoms with Gasteiger partial charge in [0, 0.05) is 32.7 Å². The van der Waals surface area contributed by atoms with Gasteiger partial charge < -0.3 is 9.64 Å². The summed E-state index contributed by atoms with van der Waals surface area (Å²) in [6.07, 6.45) is 0. The van der Waals surface area contributed by atoms with Gasteiger partial charge in [-0.3, -0.25) is 4.90 Å². The highest BCUT2D eigenvalue weighted by atomic mass is 35.5. The SMILES string of the molecule is COc1ccc(C(Cl)CN2CCN(C)CC2)cc1C. The van der Waals surface area contributed by atoms with Crippen molar-refractivity contribution >= 4 is 11.6 Å². The molecule has 19 heavy (non-hydrogen) atoms. The van der Waals surface area contributed by atoms with Crippen molar-refractivity contribution in [1.82, 2.24) is 9.80 Å². The van der Waals surface area contributed by atoms with Gasteiger partial charge in [-0.2, -0.15) is 0 Å². The minimum atomic E-state index is 0.0491. The summed E-state index contributed by atoms with van der Waals surface area (Å²) in [6.45, 7) is 7.45. The first kappa shape index (κ1) is 14.6. The molecule has 3 nitrogen and oxygen atoms in total. The molecule has 1 heterocycles. The number of benzene rings is 1. The summed E-state index contributed by atoms with van der Waals surface area (Å²) in [5, 5.41) is 0.0491. The fourth-order valence-corrected chi connectivity index (χ4v) is 2.79. The van der Waals surface area contributed by atoms with Crippen molar-refractivity contribution in [3.05, 3.63) is 29.3 Å². The van der Waals surface area contributed by atoms with E-state index in [1.165, 1.54) is 5.56 Å². The molecule has 1 atom stereocenters. The van der Waals surface area contributed by atoms with Crippen LogP contribution in [0.1, 0.15) is 16.5 Å². The summed E-state index contributed by atoms with van der Waals surface area (Å²) in [7, 11) is 3.87. The lowest BCUT2D eigenvalue weighted by Gasteiger charge is -2.33. The molecule has 0 aliphatic carbocycles. The third kappa shape index (κ3) is 3.85. The minimum absolute atomic E-state index is 0.0491. The molecule has 0 saturated carbocycles. The normalized spacial score (nSPS) is 19.4. The summed E-state index contributed by atoms with van der Waals surface area (Å²) in [5.74, 6) is 0.923. The van der Waals surface area contributed by atoms with E-state index in [1.54, 1.807) is 7.11 Å². The Morgan fingerprint density at radius 2 is 1.95 bits per heavy atom. The average Bonchev–Trinajstić information content (AvgIpc) is 2.41. The largest absolute Gasteiger partial charge is 0.496 e. The molecule has 4 heteroatoms. The van der Waals surface area contributed by atoms with E-state index in [-0.39, 0.29) is 5.38 Å². The second kappa shape index (κ2) is 6.60. The number of hydrogen-bond donors (Lipinski definition) is 0. The standard InChI is InChI=1S/C15H23ClN2O/c1-12-10-13(4-5-15(12)19-3)14(16)11-18-8-6-17(2)7-9-18/h4-5,10,14H,6-9,11H2,1-3H3. The van der Waals surface area contributed by atoms with Crippen LogP contribution in [0.15, 0.2) is 18.2 Å². The van der Waals surface area contributed by atoms with Crippen molar-refractivity contribution in [2.45, 2.75) is 12.3 Å². The third-order valence-corrected chi connectivity index (χ3v) is 4.18. The number of rotatable bonds is 4. The fraction of sp³-hybridized carbons (Fsp3) is 0.600. The molecule has 1 aliphatic heterocycles. The summed E-state index contributed by atoms with van der Waals surface area (Å²) in [6, 6.07) is 6.20. The van der Waals surface area contributed by atoms with E-state index in [1.807, 2.05) is 6.07 Å². The van der Waals surface area contributed by atoms with E-state index in [9.17, 15) is 0 Å². The highest BCUT2D eigenvalue weighted by molar-refractivity contribution is 6.21. The molecule has 0 N–H and O–H groups in total. The quantitative estimate of drug-likeness (QED) is 0.790. The molecule has 1 unspecified atom stereocenters. The van der Waals surface area contributed by atoms with E-state index >= 15 is 0 Å². The lowest BCUT2D eigenvalue weighted by atomic mass is 10.1. The van der Waals surface area contributed by atoms with Crippen LogP contribution in [0.5, 0.6) is 5.75 Å². The lowest BCUT2D eigenvalue weighted by Crippen LogP contribution is -2.45. The second-order valence-corrected chi connectivity index (χ2v) is 5.83. The highest BCUT2D eigenvalue weighted by Crippen LogP contribution is 2.27. The Labute approximate surface area is 121 Å². The van der Waals surface area contributed by atoms with Gasteiger partial charge in [-0.15, -0.1) is 11.6 Å². The molecule has 1 fully saturated rings. The number of hydrogen-bond acceptors (Lipinski definition) is 3. The molecule has 2 rings (SSSR count). The van der Waals surface area contributed by atoms with Crippen molar-refractivity contribution in [1.29, 1.82) is 0 Å². The molecule has 0 radical (unpaired) electrons. The number of piperazine rings is 1. The van der Waals surface area contributed by atoms with Crippen LogP contribution in [-0.4, -0.2) is 56.7 Å². The summed E-state index contributed by atoms with van der Waals surface area (Å²) >= 11 is 6.55.